The van der Waals surface area contributed by atoms with E-state index in [0.717, 1.165) is 18.9 Å². The second kappa shape index (κ2) is 17.6. The Labute approximate surface area is 126 Å². The number of carbonyl (C=O) groups excluding carboxylic acids is 3. The van der Waals surface area contributed by atoms with E-state index in [-0.39, 0.29) is 5.97 Å². The van der Waals surface area contributed by atoms with Gasteiger partial charge in [-0.05, 0) is 13.3 Å². The van der Waals surface area contributed by atoms with Crippen LogP contribution in [0.4, 0.5) is 0 Å². The molecule has 6 heteroatoms. The van der Waals surface area contributed by atoms with Gasteiger partial charge in [-0.3, -0.25) is 4.79 Å². The number of hydrogen-bond donors (Lipinski definition) is 1. The molecule has 0 saturated heterocycles. The van der Waals surface area contributed by atoms with E-state index in [1.165, 1.54) is 13.2 Å². The Morgan fingerprint density at radius 1 is 1.14 bits per heavy atom. The van der Waals surface area contributed by atoms with Crippen LogP contribution >= 0.6 is 0 Å². The molecule has 2 N–H and O–H groups in total. The minimum Gasteiger partial charge on any atom is -0.466 e. The lowest BCUT2D eigenvalue weighted by molar-refractivity contribution is -0.138. The highest BCUT2D eigenvalue weighted by Crippen LogP contribution is 1.88. The summed E-state index contributed by atoms with van der Waals surface area (Å²) in [5, 5.41) is 0. The summed E-state index contributed by atoms with van der Waals surface area (Å²) in [6.45, 7) is 13.8. The first kappa shape index (κ1) is 23.7. The van der Waals surface area contributed by atoms with Gasteiger partial charge in [-0.2, -0.15) is 0 Å². The zero-order valence-electron chi connectivity index (χ0n) is 13.0. The number of primary amides is 1. The number of hydrogen-bond acceptors (Lipinski definition) is 5. The minimum absolute atomic E-state index is 0.330. The molecule has 0 atom stereocenters. The molecule has 0 aliphatic heterocycles. The Bertz CT molecular complexity index is 346. The van der Waals surface area contributed by atoms with Crippen molar-refractivity contribution in [3.05, 3.63) is 37.5 Å². The first-order valence-electron chi connectivity index (χ1n) is 6.21. The third-order valence-electron chi connectivity index (χ3n) is 1.70. The van der Waals surface area contributed by atoms with Crippen LogP contribution in [0.2, 0.25) is 0 Å². The predicted octanol–water partition coefficient (Wildman–Crippen LogP) is 1.91. The molecule has 0 rings (SSSR count). The van der Waals surface area contributed by atoms with Gasteiger partial charge in [-0.1, -0.05) is 33.1 Å². The molecule has 1 amide bonds. The van der Waals surface area contributed by atoms with Crippen molar-refractivity contribution < 1.29 is 23.9 Å². The van der Waals surface area contributed by atoms with E-state index in [4.69, 9.17) is 5.73 Å². The molecule has 21 heavy (non-hydrogen) atoms. The van der Waals surface area contributed by atoms with Gasteiger partial charge < -0.3 is 15.2 Å². The third kappa shape index (κ3) is 27.0. The lowest BCUT2D eigenvalue weighted by Gasteiger charge is -1.97. The normalized spacial score (nSPS) is 7.76. The monoisotopic (exact) mass is 299 g/mol. The summed E-state index contributed by atoms with van der Waals surface area (Å²) in [6.07, 6.45) is 4.26. The molecule has 120 valence electrons. The van der Waals surface area contributed by atoms with Gasteiger partial charge in [-0.15, -0.1) is 0 Å². The molecule has 6 nitrogen and oxygen atoms in total. The lowest BCUT2D eigenvalue weighted by Crippen LogP contribution is -2.10. The van der Waals surface area contributed by atoms with Crippen molar-refractivity contribution >= 4 is 17.8 Å². The van der Waals surface area contributed by atoms with Crippen molar-refractivity contribution in [3.8, 4) is 0 Å². The fourth-order valence-corrected chi connectivity index (χ4v) is 0.459. The van der Waals surface area contributed by atoms with Gasteiger partial charge >= 0.3 is 11.9 Å². The second-order valence-electron chi connectivity index (χ2n) is 3.60. The molecule has 0 radical (unpaired) electrons. The van der Waals surface area contributed by atoms with E-state index in [2.05, 4.69) is 29.2 Å². The van der Waals surface area contributed by atoms with Crippen LogP contribution in [0.25, 0.3) is 0 Å². The summed E-state index contributed by atoms with van der Waals surface area (Å²) in [5.41, 5.74) is 5.09. The van der Waals surface area contributed by atoms with Crippen molar-refractivity contribution in [2.24, 2.45) is 5.73 Å². The first-order valence-corrected chi connectivity index (χ1v) is 6.21. The zero-order chi connectivity index (χ0) is 17.3. The number of amides is 1. The van der Waals surface area contributed by atoms with E-state index in [9.17, 15) is 14.4 Å². The van der Waals surface area contributed by atoms with Crippen molar-refractivity contribution in [2.75, 3.05) is 13.7 Å². The smallest absolute Gasteiger partial charge is 0.330 e. The fraction of sp³-hybridized carbons (Fsp3) is 0.400. The Morgan fingerprint density at radius 3 is 1.76 bits per heavy atom. The minimum atomic E-state index is -0.435. The number of unbranched alkanes of at least 4 members (excludes halogenated alkanes) is 1. The number of methoxy groups -OCH3 is 1. The summed E-state index contributed by atoms with van der Waals surface area (Å²) in [7, 11) is 1.31. The van der Waals surface area contributed by atoms with Gasteiger partial charge in [0.15, 0.2) is 0 Å². The van der Waals surface area contributed by atoms with E-state index < -0.39 is 11.9 Å². The Morgan fingerprint density at radius 2 is 1.57 bits per heavy atom. The number of ether oxygens (including phenoxy) is 2. The number of esters is 2. The lowest BCUT2D eigenvalue weighted by atomic mass is 10.3. The Kier molecular flexibility index (Phi) is 19.9. The molecule has 0 heterocycles. The summed E-state index contributed by atoms with van der Waals surface area (Å²) in [5.74, 6) is -1.16. The standard InChI is InChI=1S/C7H12O2.C4H7NO.C4H6O2/c1-3-5-6-9-7(8)4-2;1-3(2)4(5)6;1-3-4(5)6-2/h4H,2-3,5-6H2,1H3;1H2,2H3,(H2,5,6);3H,1H2,2H3. The molecule has 0 fully saturated rings. The summed E-state index contributed by atoms with van der Waals surface area (Å²) in [6, 6.07) is 0. The summed E-state index contributed by atoms with van der Waals surface area (Å²) >= 11 is 0. The molecule has 0 aromatic heterocycles. The van der Waals surface area contributed by atoms with Crippen LogP contribution in [0.5, 0.6) is 0 Å². The second-order valence-corrected chi connectivity index (χ2v) is 3.60. The van der Waals surface area contributed by atoms with Crippen LogP contribution < -0.4 is 5.73 Å². The maximum Gasteiger partial charge on any atom is 0.330 e. The van der Waals surface area contributed by atoms with Crippen LogP contribution in [-0.2, 0) is 23.9 Å². The fourth-order valence-electron chi connectivity index (χ4n) is 0.459. The van der Waals surface area contributed by atoms with E-state index in [1.54, 1.807) is 6.92 Å². The Hall–Kier alpha value is -2.37. The zero-order valence-corrected chi connectivity index (χ0v) is 13.0. The molecule has 0 unspecified atom stereocenters. The van der Waals surface area contributed by atoms with E-state index in [0.29, 0.717) is 12.2 Å². The van der Waals surface area contributed by atoms with Crippen LogP contribution in [0.1, 0.15) is 26.7 Å². The molecule has 0 aromatic carbocycles. The molecule has 0 saturated carbocycles. The SMILES string of the molecule is C=C(C)C(N)=O.C=CC(=O)OC.C=CC(=O)OCCCC. The maximum absolute atomic E-state index is 10.3. The van der Waals surface area contributed by atoms with Crippen molar-refractivity contribution in [3.63, 3.8) is 0 Å². The molecule has 0 aliphatic carbocycles. The van der Waals surface area contributed by atoms with Crippen LogP contribution in [0.15, 0.2) is 37.5 Å². The molecule has 0 spiro atoms. The molecular formula is C15H25NO5. The number of rotatable bonds is 6. The van der Waals surface area contributed by atoms with Gasteiger partial charge in [0.2, 0.25) is 5.91 Å². The van der Waals surface area contributed by atoms with Crippen LogP contribution in [0.3, 0.4) is 0 Å². The Balaban J connectivity index is -0.000000240. The van der Waals surface area contributed by atoms with Crippen molar-refractivity contribution in [1.82, 2.24) is 0 Å². The van der Waals surface area contributed by atoms with Gasteiger partial charge in [0.25, 0.3) is 0 Å². The molecule has 0 aromatic rings. The highest BCUT2D eigenvalue weighted by molar-refractivity contribution is 5.90. The summed E-state index contributed by atoms with van der Waals surface area (Å²) in [4.78, 5) is 30.0. The molecular weight excluding hydrogens is 274 g/mol. The highest BCUT2D eigenvalue weighted by Gasteiger charge is 1.91. The molecule has 0 bridgehead atoms. The summed E-state index contributed by atoms with van der Waals surface area (Å²) < 4.78 is 8.82. The quantitative estimate of drug-likeness (QED) is 0.459. The van der Waals surface area contributed by atoms with Crippen molar-refractivity contribution in [1.29, 1.82) is 0 Å². The third-order valence-corrected chi connectivity index (χ3v) is 1.70. The maximum atomic E-state index is 10.3. The van der Waals surface area contributed by atoms with Gasteiger partial charge in [0.1, 0.15) is 0 Å². The van der Waals surface area contributed by atoms with E-state index in [1.807, 2.05) is 6.92 Å². The van der Waals surface area contributed by atoms with Gasteiger partial charge in [0, 0.05) is 17.7 Å². The van der Waals surface area contributed by atoms with Gasteiger partial charge in [-0.25, -0.2) is 9.59 Å². The van der Waals surface area contributed by atoms with Crippen LogP contribution in [0, 0.1) is 0 Å². The highest BCUT2D eigenvalue weighted by atomic mass is 16.5. The predicted molar refractivity (Wildman–Crippen MR) is 82.3 cm³/mol. The van der Waals surface area contributed by atoms with E-state index >= 15 is 0 Å². The molecule has 0 aliphatic rings. The van der Waals surface area contributed by atoms with Gasteiger partial charge in [0.05, 0.1) is 13.7 Å². The van der Waals surface area contributed by atoms with Crippen molar-refractivity contribution in [2.45, 2.75) is 26.7 Å². The average Bonchev–Trinajstić information content (AvgIpc) is 2.47. The van der Waals surface area contributed by atoms with Crippen LogP contribution in [-0.4, -0.2) is 31.6 Å². The number of carbonyl (C=O) groups is 3. The topological polar surface area (TPSA) is 95.7 Å². The first-order chi connectivity index (χ1) is 9.76. The largest absolute Gasteiger partial charge is 0.466 e. The number of nitrogens with two attached hydrogens (primary N) is 1. The average molecular weight is 299 g/mol.